The highest BCUT2D eigenvalue weighted by molar-refractivity contribution is 5.26. The summed E-state index contributed by atoms with van der Waals surface area (Å²) < 4.78 is 27.2. The molecule has 0 aromatic carbocycles. The van der Waals surface area contributed by atoms with Crippen LogP contribution in [0.2, 0.25) is 0 Å². The summed E-state index contributed by atoms with van der Waals surface area (Å²) in [6.45, 7) is 7.40. The van der Waals surface area contributed by atoms with Crippen LogP contribution in [0, 0.1) is 0 Å². The topological polar surface area (TPSA) is 43.8 Å². The number of aryl methyl sites for hydroxylation is 1. The smallest absolute Gasteiger partial charge is 0.256 e. The fraction of sp³-hybridized carbons (Fsp3) is 0.750. The summed E-state index contributed by atoms with van der Waals surface area (Å²) in [6, 6.07) is 0. The predicted molar refractivity (Wildman–Crippen MR) is 64.2 cm³/mol. The number of nitrogens with two attached hydrogens (primary N) is 1. The molecule has 0 aliphatic heterocycles. The van der Waals surface area contributed by atoms with Gasteiger partial charge < -0.3 is 5.73 Å². The van der Waals surface area contributed by atoms with Crippen LogP contribution in [0.3, 0.4) is 0 Å². The van der Waals surface area contributed by atoms with Crippen molar-refractivity contribution in [3.05, 3.63) is 17.5 Å². The number of hydrogen-bond donors (Lipinski definition) is 1. The van der Waals surface area contributed by atoms with E-state index in [1.165, 1.54) is 6.92 Å². The van der Waals surface area contributed by atoms with Gasteiger partial charge in [0.05, 0.1) is 11.2 Å². The number of hydrogen-bond acceptors (Lipinski definition) is 2. The molecule has 0 amide bonds. The molecular formula is C12H21F2N3. The van der Waals surface area contributed by atoms with Crippen LogP contribution in [0.25, 0.3) is 0 Å². The first-order chi connectivity index (χ1) is 7.54. The van der Waals surface area contributed by atoms with Crippen LogP contribution < -0.4 is 5.73 Å². The number of alkyl halides is 2. The average molecular weight is 245 g/mol. The molecule has 0 saturated heterocycles. The maximum atomic E-state index is 12.8. The van der Waals surface area contributed by atoms with Crippen molar-refractivity contribution in [1.82, 2.24) is 9.78 Å². The van der Waals surface area contributed by atoms with Gasteiger partial charge in [0.15, 0.2) is 0 Å². The minimum atomic E-state index is -2.55. The molecular weight excluding hydrogens is 224 g/mol. The Bertz CT molecular complexity index is 389. The van der Waals surface area contributed by atoms with Crippen molar-refractivity contribution < 1.29 is 8.78 Å². The van der Waals surface area contributed by atoms with Gasteiger partial charge in [-0.3, -0.25) is 4.68 Å². The van der Waals surface area contributed by atoms with Gasteiger partial charge in [0.2, 0.25) is 0 Å². The van der Waals surface area contributed by atoms with E-state index >= 15 is 0 Å². The van der Waals surface area contributed by atoms with E-state index in [0.29, 0.717) is 0 Å². The van der Waals surface area contributed by atoms with E-state index in [-0.39, 0.29) is 11.8 Å². The van der Waals surface area contributed by atoms with Crippen LogP contribution in [-0.2, 0) is 18.9 Å². The molecule has 0 radical (unpaired) electrons. The lowest BCUT2D eigenvalue weighted by Crippen LogP contribution is -2.46. The van der Waals surface area contributed by atoms with Crippen molar-refractivity contribution in [2.45, 2.75) is 51.5 Å². The van der Waals surface area contributed by atoms with E-state index in [2.05, 4.69) is 5.10 Å². The van der Waals surface area contributed by atoms with Crippen molar-refractivity contribution in [2.24, 2.45) is 12.8 Å². The van der Waals surface area contributed by atoms with Gasteiger partial charge in [-0.1, -0.05) is 20.8 Å². The zero-order chi connectivity index (χ0) is 13.4. The number of aromatic nitrogens is 2. The average Bonchev–Trinajstić information content (AvgIpc) is 2.44. The molecule has 5 heteroatoms. The van der Waals surface area contributed by atoms with E-state index in [9.17, 15) is 8.78 Å². The van der Waals surface area contributed by atoms with Gasteiger partial charge in [0.1, 0.15) is 0 Å². The highest BCUT2D eigenvalue weighted by Crippen LogP contribution is 2.27. The molecule has 17 heavy (non-hydrogen) atoms. The lowest BCUT2D eigenvalue weighted by molar-refractivity contribution is 0.0637. The zero-order valence-corrected chi connectivity index (χ0v) is 11.1. The van der Waals surface area contributed by atoms with E-state index in [4.69, 9.17) is 5.73 Å². The molecule has 2 N–H and O–H groups in total. The van der Waals surface area contributed by atoms with Gasteiger partial charge in [0, 0.05) is 18.7 Å². The first-order valence-corrected chi connectivity index (χ1v) is 5.64. The van der Waals surface area contributed by atoms with Crippen molar-refractivity contribution in [2.75, 3.05) is 0 Å². The normalized spacial score (nSPS) is 16.3. The molecule has 1 atom stereocenters. The van der Waals surface area contributed by atoms with Crippen LogP contribution in [0.15, 0.2) is 6.20 Å². The highest BCUT2D eigenvalue weighted by atomic mass is 19.3. The van der Waals surface area contributed by atoms with Gasteiger partial charge in [-0.2, -0.15) is 5.10 Å². The maximum Gasteiger partial charge on any atom is 0.256 e. The van der Waals surface area contributed by atoms with Crippen LogP contribution in [0.4, 0.5) is 8.78 Å². The van der Waals surface area contributed by atoms with Gasteiger partial charge in [-0.15, -0.1) is 0 Å². The summed E-state index contributed by atoms with van der Waals surface area (Å²) in [6.07, 6.45) is -0.644. The summed E-state index contributed by atoms with van der Waals surface area (Å²) in [7, 11) is 1.79. The Labute approximate surface area is 101 Å². The molecule has 1 rings (SSSR count). The van der Waals surface area contributed by atoms with Crippen LogP contribution in [-0.4, -0.2) is 21.7 Å². The third kappa shape index (κ3) is 3.25. The maximum absolute atomic E-state index is 12.8. The van der Waals surface area contributed by atoms with E-state index in [0.717, 1.165) is 11.3 Å². The Morgan fingerprint density at radius 2 is 1.88 bits per heavy atom. The Balaban J connectivity index is 3.07. The summed E-state index contributed by atoms with van der Waals surface area (Å²) in [5, 5.41) is 4.34. The molecule has 0 bridgehead atoms. The quantitative estimate of drug-likeness (QED) is 0.887. The van der Waals surface area contributed by atoms with Crippen molar-refractivity contribution >= 4 is 0 Å². The fourth-order valence-corrected chi connectivity index (χ4v) is 1.79. The molecule has 0 saturated carbocycles. The molecule has 0 spiro atoms. The third-order valence-electron chi connectivity index (χ3n) is 2.68. The molecule has 0 aliphatic carbocycles. The molecule has 1 unspecified atom stereocenters. The van der Waals surface area contributed by atoms with Crippen LogP contribution in [0.5, 0.6) is 0 Å². The second kappa shape index (κ2) is 4.37. The second-order valence-electron chi connectivity index (χ2n) is 5.91. The Morgan fingerprint density at radius 3 is 2.29 bits per heavy atom. The lowest BCUT2D eigenvalue weighted by Gasteiger charge is -2.25. The summed E-state index contributed by atoms with van der Waals surface area (Å²) >= 11 is 0. The van der Waals surface area contributed by atoms with E-state index < -0.39 is 12.0 Å². The molecule has 1 heterocycles. The monoisotopic (exact) mass is 245 g/mol. The van der Waals surface area contributed by atoms with Gasteiger partial charge >= 0.3 is 0 Å². The molecule has 1 aromatic rings. The van der Waals surface area contributed by atoms with Gasteiger partial charge in [-0.25, -0.2) is 8.78 Å². The van der Waals surface area contributed by atoms with Crippen LogP contribution >= 0.6 is 0 Å². The van der Waals surface area contributed by atoms with E-state index in [1.54, 1.807) is 17.9 Å². The lowest BCUT2D eigenvalue weighted by atomic mass is 9.85. The Morgan fingerprint density at radius 1 is 1.35 bits per heavy atom. The minimum absolute atomic E-state index is 0.130. The summed E-state index contributed by atoms with van der Waals surface area (Å²) in [5.74, 6) is 0. The summed E-state index contributed by atoms with van der Waals surface area (Å²) in [4.78, 5) is 0. The van der Waals surface area contributed by atoms with Gasteiger partial charge in [0.25, 0.3) is 6.43 Å². The molecule has 0 fully saturated rings. The minimum Gasteiger partial charge on any atom is -0.320 e. The zero-order valence-electron chi connectivity index (χ0n) is 11.1. The van der Waals surface area contributed by atoms with E-state index in [1.807, 2.05) is 20.8 Å². The predicted octanol–water partition coefficient (Wildman–Crippen LogP) is 2.24. The number of rotatable bonds is 3. The number of halogens is 2. The largest absolute Gasteiger partial charge is 0.320 e. The Kier molecular flexibility index (Phi) is 3.62. The second-order valence-corrected chi connectivity index (χ2v) is 5.91. The third-order valence-corrected chi connectivity index (χ3v) is 2.68. The van der Waals surface area contributed by atoms with Crippen LogP contribution in [0.1, 0.15) is 39.0 Å². The standard InChI is InChI=1S/C12H21F2N3/c1-11(2,3)9-8(7-17(5)16-9)6-12(4,15)10(13)14/h7,10H,6,15H2,1-5H3. The van der Waals surface area contributed by atoms with Crippen molar-refractivity contribution in [3.8, 4) is 0 Å². The first-order valence-electron chi connectivity index (χ1n) is 5.64. The molecule has 98 valence electrons. The van der Waals surface area contributed by atoms with Crippen molar-refractivity contribution in [3.63, 3.8) is 0 Å². The molecule has 1 aromatic heterocycles. The fourth-order valence-electron chi connectivity index (χ4n) is 1.79. The highest BCUT2D eigenvalue weighted by Gasteiger charge is 2.33. The molecule has 0 aliphatic rings. The Hall–Kier alpha value is -0.970. The summed E-state index contributed by atoms with van der Waals surface area (Å²) in [5.41, 5.74) is 5.57. The molecule has 3 nitrogen and oxygen atoms in total. The van der Waals surface area contributed by atoms with Gasteiger partial charge in [-0.05, 0) is 18.9 Å². The number of nitrogens with zero attached hydrogens (tertiary/aromatic N) is 2. The van der Waals surface area contributed by atoms with Crippen molar-refractivity contribution in [1.29, 1.82) is 0 Å². The first kappa shape index (κ1) is 14.1. The SMILES string of the molecule is Cn1cc(CC(C)(N)C(F)F)c(C(C)(C)C)n1.